The number of hydrogen-bond donors (Lipinski definition) is 2. The number of aliphatic imine (C=N–C) groups is 1. The molecule has 0 radical (unpaired) electrons. The van der Waals surface area contributed by atoms with Crippen LogP contribution in [0.1, 0.15) is 25.0 Å². The van der Waals surface area contributed by atoms with E-state index in [-0.39, 0.29) is 29.5 Å². The quantitative estimate of drug-likeness (QED) is 0.349. The van der Waals surface area contributed by atoms with Crippen LogP contribution in [0.25, 0.3) is 0 Å². The highest BCUT2D eigenvalue weighted by Crippen LogP contribution is 2.13. The Morgan fingerprint density at radius 1 is 1.15 bits per heavy atom. The van der Waals surface area contributed by atoms with Crippen molar-refractivity contribution in [3.05, 3.63) is 35.4 Å². The normalized spacial score (nSPS) is 16.1. The molecule has 1 aliphatic heterocycles. The van der Waals surface area contributed by atoms with Crippen molar-refractivity contribution in [1.82, 2.24) is 20.4 Å². The molecule has 6 nitrogen and oxygen atoms in total. The second kappa shape index (κ2) is 11.8. The summed E-state index contributed by atoms with van der Waals surface area (Å²) < 4.78 is 5.45. The minimum absolute atomic E-state index is 0. The van der Waals surface area contributed by atoms with Crippen LogP contribution < -0.4 is 10.6 Å². The molecule has 0 saturated carbocycles. The number of nitrogens with zero attached hydrogens (tertiary/aromatic N) is 3. The lowest BCUT2D eigenvalue weighted by Crippen LogP contribution is -2.50. The van der Waals surface area contributed by atoms with E-state index in [1.807, 2.05) is 7.05 Å². The van der Waals surface area contributed by atoms with E-state index in [2.05, 4.69) is 77.6 Å². The predicted molar refractivity (Wildman–Crippen MR) is 124 cm³/mol. The van der Waals surface area contributed by atoms with Crippen LogP contribution in [-0.2, 0) is 17.8 Å². The highest BCUT2D eigenvalue weighted by molar-refractivity contribution is 14.0. The molecular weight excluding hydrogens is 453 g/mol. The molecule has 154 valence electrons. The maximum Gasteiger partial charge on any atom is 0.191 e. The standard InChI is InChI=1S/C20H35N5O.HI/c1-20(2,24(4)5)16-23-19(21-3)22-14-17-8-6-7-9-18(17)15-25-10-12-26-13-11-25;/h6-9H,10-16H2,1-5H3,(H2,21,22,23);1H. The summed E-state index contributed by atoms with van der Waals surface area (Å²) in [6.45, 7) is 10.7. The van der Waals surface area contributed by atoms with Gasteiger partial charge in [0.1, 0.15) is 0 Å². The molecule has 0 amide bonds. The summed E-state index contributed by atoms with van der Waals surface area (Å²) in [6.07, 6.45) is 0. The van der Waals surface area contributed by atoms with E-state index < -0.39 is 0 Å². The highest BCUT2D eigenvalue weighted by atomic mass is 127. The van der Waals surface area contributed by atoms with E-state index >= 15 is 0 Å². The van der Waals surface area contributed by atoms with Crippen molar-refractivity contribution in [3.63, 3.8) is 0 Å². The van der Waals surface area contributed by atoms with Gasteiger partial charge in [-0.05, 0) is 39.1 Å². The summed E-state index contributed by atoms with van der Waals surface area (Å²) in [5.74, 6) is 0.834. The SMILES string of the molecule is CN=C(NCc1ccccc1CN1CCOCC1)NCC(C)(C)N(C)C.I. The van der Waals surface area contributed by atoms with Crippen molar-refractivity contribution in [2.24, 2.45) is 4.99 Å². The largest absolute Gasteiger partial charge is 0.379 e. The number of hydrogen-bond acceptors (Lipinski definition) is 4. The van der Waals surface area contributed by atoms with Crippen LogP contribution in [0, 0.1) is 0 Å². The van der Waals surface area contributed by atoms with Crippen LogP contribution in [0.15, 0.2) is 29.3 Å². The van der Waals surface area contributed by atoms with Gasteiger partial charge in [0.2, 0.25) is 0 Å². The van der Waals surface area contributed by atoms with Gasteiger partial charge in [-0.2, -0.15) is 0 Å². The second-order valence-corrected chi connectivity index (χ2v) is 7.64. The number of halogens is 1. The van der Waals surface area contributed by atoms with Gasteiger partial charge in [-0.3, -0.25) is 9.89 Å². The first-order valence-corrected chi connectivity index (χ1v) is 9.41. The third kappa shape index (κ3) is 7.93. The van der Waals surface area contributed by atoms with Crippen LogP contribution in [0.4, 0.5) is 0 Å². The van der Waals surface area contributed by atoms with Crippen molar-refractivity contribution in [3.8, 4) is 0 Å². The van der Waals surface area contributed by atoms with Gasteiger partial charge in [-0.15, -0.1) is 24.0 Å². The van der Waals surface area contributed by atoms with Gasteiger partial charge in [0.05, 0.1) is 13.2 Å². The molecule has 1 aliphatic rings. The molecule has 1 aromatic rings. The van der Waals surface area contributed by atoms with E-state index in [0.29, 0.717) is 0 Å². The number of morpholine rings is 1. The first kappa shape index (κ1) is 24.1. The third-order valence-corrected chi connectivity index (χ3v) is 5.19. The second-order valence-electron chi connectivity index (χ2n) is 7.64. The number of benzene rings is 1. The molecular formula is C20H36IN5O. The minimum Gasteiger partial charge on any atom is -0.379 e. The summed E-state index contributed by atoms with van der Waals surface area (Å²) >= 11 is 0. The maximum atomic E-state index is 5.45. The van der Waals surface area contributed by atoms with Gasteiger partial charge >= 0.3 is 0 Å². The Labute approximate surface area is 181 Å². The zero-order valence-corrected chi connectivity index (χ0v) is 19.7. The smallest absolute Gasteiger partial charge is 0.191 e. The predicted octanol–water partition coefficient (Wildman–Crippen LogP) is 2.14. The third-order valence-electron chi connectivity index (χ3n) is 5.19. The topological polar surface area (TPSA) is 52.1 Å². The molecule has 0 unspecified atom stereocenters. The fourth-order valence-electron chi connectivity index (χ4n) is 2.74. The Balaban J connectivity index is 0.00000364. The molecule has 0 bridgehead atoms. The van der Waals surface area contributed by atoms with E-state index in [4.69, 9.17) is 4.74 Å². The van der Waals surface area contributed by atoms with Crippen molar-refractivity contribution >= 4 is 29.9 Å². The van der Waals surface area contributed by atoms with Gasteiger partial charge in [-0.1, -0.05) is 24.3 Å². The first-order valence-electron chi connectivity index (χ1n) is 9.41. The average Bonchev–Trinajstić information content (AvgIpc) is 2.63. The minimum atomic E-state index is 0. The van der Waals surface area contributed by atoms with Gasteiger partial charge in [0.15, 0.2) is 5.96 Å². The summed E-state index contributed by atoms with van der Waals surface area (Å²) in [4.78, 5) is 9.03. The lowest BCUT2D eigenvalue weighted by molar-refractivity contribution is 0.0341. The van der Waals surface area contributed by atoms with E-state index in [0.717, 1.165) is 51.9 Å². The van der Waals surface area contributed by atoms with E-state index in [1.54, 1.807) is 0 Å². The van der Waals surface area contributed by atoms with Crippen LogP contribution in [0.3, 0.4) is 0 Å². The van der Waals surface area contributed by atoms with Crippen molar-refractivity contribution < 1.29 is 4.74 Å². The molecule has 0 spiro atoms. The molecule has 1 fully saturated rings. The van der Waals surface area contributed by atoms with E-state index in [1.165, 1.54) is 11.1 Å². The Morgan fingerprint density at radius 3 is 2.37 bits per heavy atom. The van der Waals surface area contributed by atoms with E-state index in [9.17, 15) is 0 Å². The molecule has 0 atom stereocenters. The van der Waals surface area contributed by atoms with Crippen LogP contribution in [-0.4, -0.2) is 75.3 Å². The number of ether oxygens (including phenoxy) is 1. The lowest BCUT2D eigenvalue weighted by Gasteiger charge is -2.33. The molecule has 2 rings (SSSR count). The highest BCUT2D eigenvalue weighted by Gasteiger charge is 2.20. The number of likely N-dealkylation sites (N-methyl/N-ethyl adjacent to an activating group) is 1. The number of guanidine groups is 1. The molecule has 0 aromatic heterocycles. The zero-order chi connectivity index (χ0) is 19.0. The Hall–Kier alpha value is -0.900. The Kier molecular flexibility index (Phi) is 10.6. The monoisotopic (exact) mass is 489 g/mol. The molecule has 1 saturated heterocycles. The summed E-state index contributed by atoms with van der Waals surface area (Å²) in [7, 11) is 6.01. The zero-order valence-electron chi connectivity index (χ0n) is 17.4. The summed E-state index contributed by atoms with van der Waals surface area (Å²) in [5.41, 5.74) is 2.74. The molecule has 7 heteroatoms. The molecule has 1 aromatic carbocycles. The summed E-state index contributed by atoms with van der Waals surface area (Å²) in [5, 5.41) is 6.88. The van der Waals surface area contributed by atoms with Gasteiger partial charge in [0.25, 0.3) is 0 Å². The van der Waals surface area contributed by atoms with Crippen LogP contribution >= 0.6 is 24.0 Å². The molecule has 27 heavy (non-hydrogen) atoms. The van der Waals surface area contributed by atoms with Gasteiger partial charge in [-0.25, -0.2) is 0 Å². The average molecular weight is 489 g/mol. The summed E-state index contributed by atoms with van der Waals surface area (Å²) in [6, 6.07) is 8.63. The Morgan fingerprint density at radius 2 is 1.78 bits per heavy atom. The van der Waals surface area contributed by atoms with Gasteiger partial charge in [0, 0.05) is 45.3 Å². The van der Waals surface area contributed by atoms with Crippen molar-refractivity contribution in [1.29, 1.82) is 0 Å². The van der Waals surface area contributed by atoms with Crippen LogP contribution in [0.5, 0.6) is 0 Å². The first-order chi connectivity index (χ1) is 12.4. The number of nitrogens with one attached hydrogen (secondary N) is 2. The maximum absolute atomic E-state index is 5.45. The molecule has 0 aliphatic carbocycles. The lowest BCUT2D eigenvalue weighted by atomic mass is 10.0. The van der Waals surface area contributed by atoms with Gasteiger partial charge < -0.3 is 20.3 Å². The fourth-order valence-corrected chi connectivity index (χ4v) is 2.74. The van der Waals surface area contributed by atoms with Crippen LogP contribution in [0.2, 0.25) is 0 Å². The van der Waals surface area contributed by atoms with Crippen molar-refractivity contribution in [2.75, 3.05) is 54.0 Å². The Bertz CT molecular complexity index is 585. The number of rotatable bonds is 7. The molecule has 1 heterocycles. The fraction of sp³-hybridized carbons (Fsp3) is 0.650. The molecule has 2 N–H and O–H groups in total. The van der Waals surface area contributed by atoms with Crippen molar-refractivity contribution in [2.45, 2.75) is 32.5 Å².